The highest BCUT2D eigenvalue weighted by Crippen LogP contribution is 2.41. The molecule has 0 aliphatic rings. The second-order valence-corrected chi connectivity index (χ2v) is 8.84. The molecule has 0 saturated heterocycles. The highest BCUT2D eigenvalue weighted by molar-refractivity contribution is 7.99. The van der Waals surface area contributed by atoms with E-state index in [1.54, 1.807) is 25.5 Å². The average molecular weight is 450 g/mol. The Hall–Kier alpha value is -2.15. The summed E-state index contributed by atoms with van der Waals surface area (Å²) in [5, 5.41) is 11.7. The number of carbonyl (C=O) groups is 1. The number of aromatic nitrogens is 2. The zero-order chi connectivity index (χ0) is 21.1. The third kappa shape index (κ3) is 5.07. The van der Waals surface area contributed by atoms with Gasteiger partial charge in [-0.2, -0.15) is 0 Å². The van der Waals surface area contributed by atoms with E-state index in [0.717, 1.165) is 21.0 Å². The first-order valence-electron chi connectivity index (χ1n) is 8.99. The van der Waals surface area contributed by atoms with E-state index in [-0.39, 0.29) is 5.92 Å². The first-order valence-corrected chi connectivity index (χ1v) is 10.6. The number of anilines is 1. The third-order valence-electron chi connectivity index (χ3n) is 4.45. The van der Waals surface area contributed by atoms with Gasteiger partial charge in [-0.05, 0) is 53.4 Å². The van der Waals surface area contributed by atoms with Crippen LogP contribution in [0, 0.1) is 0 Å². The fraction of sp³-hybridized carbons (Fsp3) is 0.238. The smallest absolute Gasteiger partial charge is 0.412 e. The highest BCUT2D eigenvalue weighted by Gasteiger charge is 2.23. The van der Waals surface area contributed by atoms with Crippen molar-refractivity contribution in [1.29, 1.82) is 0 Å². The number of carboxylic acid groups (broad SMARTS) is 1. The Morgan fingerprint density at radius 3 is 2.34 bits per heavy atom. The van der Waals surface area contributed by atoms with Gasteiger partial charge >= 0.3 is 6.09 Å². The zero-order valence-electron chi connectivity index (χ0n) is 16.3. The molecule has 0 fully saturated rings. The number of nitrogens with zero attached hydrogens (tertiary/aromatic N) is 3. The van der Waals surface area contributed by atoms with Gasteiger partial charge in [-0.25, -0.2) is 4.79 Å². The van der Waals surface area contributed by atoms with Gasteiger partial charge in [0.15, 0.2) is 0 Å². The van der Waals surface area contributed by atoms with Crippen molar-refractivity contribution < 1.29 is 9.90 Å². The molecule has 0 saturated carbocycles. The Balaban J connectivity index is 2.16. The van der Waals surface area contributed by atoms with E-state index >= 15 is 0 Å². The lowest BCUT2D eigenvalue weighted by atomic mass is 10.1. The van der Waals surface area contributed by atoms with E-state index in [4.69, 9.17) is 23.2 Å². The molecule has 0 aliphatic carbocycles. The van der Waals surface area contributed by atoms with E-state index in [1.165, 1.54) is 16.7 Å². The van der Waals surface area contributed by atoms with Crippen LogP contribution in [-0.4, -0.2) is 27.8 Å². The number of amides is 1. The molecule has 5 nitrogen and oxygen atoms in total. The summed E-state index contributed by atoms with van der Waals surface area (Å²) < 4.78 is 2.01. The molecular formula is C21H21Cl2N3O2S. The SMILES string of the molecule is CC(C)c1cc(N(C)C(=O)O)n(Cc2ccncc2)c1Sc1cc(Cl)cc(Cl)c1. The van der Waals surface area contributed by atoms with Crippen molar-refractivity contribution in [3.8, 4) is 0 Å². The summed E-state index contributed by atoms with van der Waals surface area (Å²) in [5.74, 6) is 0.806. The monoisotopic (exact) mass is 449 g/mol. The van der Waals surface area contributed by atoms with Crippen molar-refractivity contribution in [1.82, 2.24) is 9.55 Å². The van der Waals surface area contributed by atoms with Crippen molar-refractivity contribution in [2.45, 2.75) is 36.2 Å². The predicted molar refractivity (Wildman–Crippen MR) is 119 cm³/mol. The van der Waals surface area contributed by atoms with Crippen LogP contribution in [0.3, 0.4) is 0 Å². The van der Waals surface area contributed by atoms with Crippen molar-refractivity contribution in [2.75, 3.05) is 11.9 Å². The molecule has 3 aromatic rings. The highest BCUT2D eigenvalue weighted by atomic mass is 35.5. The Bertz CT molecular complexity index is 1000. The van der Waals surface area contributed by atoms with E-state index in [0.29, 0.717) is 22.4 Å². The van der Waals surface area contributed by atoms with Gasteiger partial charge in [0, 0.05) is 34.4 Å². The van der Waals surface area contributed by atoms with Crippen molar-refractivity contribution in [3.63, 3.8) is 0 Å². The van der Waals surface area contributed by atoms with Crippen molar-refractivity contribution in [3.05, 3.63) is 70.0 Å². The third-order valence-corrected chi connectivity index (χ3v) is 6.00. The summed E-state index contributed by atoms with van der Waals surface area (Å²) >= 11 is 13.9. The van der Waals surface area contributed by atoms with Crippen LogP contribution in [0.2, 0.25) is 10.0 Å². The summed E-state index contributed by atoms with van der Waals surface area (Å²) in [6, 6.07) is 11.2. The van der Waals surface area contributed by atoms with Gasteiger partial charge in [0.05, 0.1) is 11.6 Å². The van der Waals surface area contributed by atoms with Crippen LogP contribution in [0.15, 0.2) is 58.7 Å². The van der Waals surface area contributed by atoms with Crippen LogP contribution in [0.1, 0.15) is 30.9 Å². The molecule has 1 N–H and O–H groups in total. The number of hydrogen-bond acceptors (Lipinski definition) is 3. The molecule has 8 heteroatoms. The van der Waals surface area contributed by atoms with E-state index in [2.05, 4.69) is 18.8 Å². The quantitative estimate of drug-likeness (QED) is 0.458. The number of pyridine rings is 1. The van der Waals surface area contributed by atoms with Gasteiger partial charge in [0.1, 0.15) is 5.82 Å². The zero-order valence-corrected chi connectivity index (χ0v) is 18.6. The normalized spacial score (nSPS) is 11.1. The number of halogens is 2. The average Bonchev–Trinajstić information content (AvgIpc) is 2.99. The second kappa shape index (κ2) is 9.11. The minimum atomic E-state index is -1.02. The molecular weight excluding hydrogens is 429 g/mol. The Morgan fingerprint density at radius 2 is 1.79 bits per heavy atom. The Kier molecular flexibility index (Phi) is 6.77. The molecule has 0 spiro atoms. The minimum absolute atomic E-state index is 0.201. The van der Waals surface area contributed by atoms with Crippen LogP contribution < -0.4 is 4.90 Å². The fourth-order valence-corrected chi connectivity index (χ4v) is 4.90. The molecule has 0 radical (unpaired) electrons. The topological polar surface area (TPSA) is 58.4 Å². The predicted octanol–water partition coefficient (Wildman–Crippen LogP) is 6.63. The first-order chi connectivity index (χ1) is 13.8. The molecule has 0 unspecified atom stereocenters. The van der Waals surface area contributed by atoms with Gasteiger partial charge < -0.3 is 9.67 Å². The molecule has 1 aromatic carbocycles. The maximum Gasteiger partial charge on any atom is 0.412 e. The van der Waals surface area contributed by atoms with E-state index in [9.17, 15) is 9.90 Å². The fourth-order valence-electron chi connectivity index (χ4n) is 2.96. The molecule has 0 aliphatic heterocycles. The lowest BCUT2D eigenvalue weighted by Crippen LogP contribution is -2.26. The molecule has 2 heterocycles. The molecule has 0 bridgehead atoms. The lowest BCUT2D eigenvalue weighted by molar-refractivity contribution is 0.203. The molecule has 152 valence electrons. The summed E-state index contributed by atoms with van der Waals surface area (Å²) in [6.45, 7) is 4.69. The minimum Gasteiger partial charge on any atom is -0.465 e. The van der Waals surface area contributed by atoms with Crippen LogP contribution in [0.5, 0.6) is 0 Å². The van der Waals surface area contributed by atoms with E-state index in [1.807, 2.05) is 34.9 Å². The van der Waals surface area contributed by atoms with Crippen LogP contribution >= 0.6 is 35.0 Å². The van der Waals surface area contributed by atoms with Gasteiger partial charge in [0.25, 0.3) is 0 Å². The Labute approximate surface area is 184 Å². The summed E-state index contributed by atoms with van der Waals surface area (Å²) in [4.78, 5) is 17.9. The van der Waals surface area contributed by atoms with Crippen molar-refractivity contribution >= 4 is 46.9 Å². The van der Waals surface area contributed by atoms with Crippen LogP contribution in [-0.2, 0) is 6.54 Å². The Morgan fingerprint density at radius 1 is 1.17 bits per heavy atom. The number of benzene rings is 1. The van der Waals surface area contributed by atoms with E-state index < -0.39 is 6.09 Å². The maximum absolute atomic E-state index is 11.7. The molecule has 0 atom stereocenters. The van der Waals surface area contributed by atoms with Crippen LogP contribution in [0.25, 0.3) is 0 Å². The largest absolute Gasteiger partial charge is 0.465 e. The number of rotatable bonds is 6. The molecule has 1 amide bonds. The first kappa shape index (κ1) is 21.6. The van der Waals surface area contributed by atoms with Gasteiger partial charge in [-0.3, -0.25) is 9.88 Å². The van der Waals surface area contributed by atoms with Crippen molar-refractivity contribution in [2.24, 2.45) is 0 Å². The second-order valence-electron chi connectivity index (χ2n) is 6.91. The van der Waals surface area contributed by atoms with Gasteiger partial charge in [-0.15, -0.1) is 0 Å². The summed E-state index contributed by atoms with van der Waals surface area (Å²) in [6.07, 6.45) is 2.44. The lowest BCUT2D eigenvalue weighted by Gasteiger charge is -2.19. The number of hydrogen-bond donors (Lipinski definition) is 1. The summed E-state index contributed by atoms with van der Waals surface area (Å²) in [5.41, 5.74) is 2.08. The molecule has 2 aromatic heterocycles. The standard InChI is InChI=1S/C21H21Cl2N3O2S/c1-13(2)18-11-19(25(3)21(27)28)26(12-14-4-6-24-7-5-14)20(18)29-17-9-15(22)8-16(23)10-17/h4-11,13H,12H2,1-3H3,(H,27,28). The van der Waals surface area contributed by atoms with Gasteiger partial charge in [0.2, 0.25) is 0 Å². The summed E-state index contributed by atoms with van der Waals surface area (Å²) in [7, 11) is 1.55. The van der Waals surface area contributed by atoms with Crippen LogP contribution in [0.4, 0.5) is 10.6 Å². The maximum atomic E-state index is 11.7. The molecule has 29 heavy (non-hydrogen) atoms. The molecule has 3 rings (SSSR count). The van der Waals surface area contributed by atoms with Gasteiger partial charge in [-0.1, -0.05) is 48.8 Å².